The number of benzene rings is 2. The monoisotopic (exact) mass is 407 g/mol. The van der Waals surface area contributed by atoms with E-state index in [0.29, 0.717) is 12.2 Å². The zero-order valence-corrected chi connectivity index (χ0v) is 15.4. The first-order chi connectivity index (χ1) is 13.7. The van der Waals surface area contributed by atoms with Gasteiger partial charge in [0.1, 0.15) is 11.5 Å². The van der Waals surface area contributed by atoms with Crippen molar-refractivity contribution in [2.24, 2.45) is 0 Å². The molecule has 2 aromatic carbocycles. The van der Waals surface area contributed by atoms with Crippen LogP contribution in [0.1, 0.15) is 33.8 Å². The number of esters is 1. The molecular formula is C20H16F3NO5. The third-order valence-corrected chi connectivity index (χ3v) is 5.18. The molecule has 6 nitrogen and oxygen atoms in total. The Morgan fingerprint density at radius 2 is 1.90 bits per heavy atom. The van der Waals surface area contributed by atoms with E-state index < -0.39 is 34.8 Å². The molecule has 1 amide bonds. The van der Waals surface area contributed by atoms with Crippen molar-refractivity contribution in [3.63, 3.8) is 0 Å². The van der Waals surface area contributed by atoms with Crippen molar-refractivity contribution >= 4 is 17.6 Å². The normalized spacial score (nSPS) is 22.4. The molecule has 1 aliphatic heterocycles. The number of hydrogen-bond donors (Lipinski definition) is 1. The van der Waals surface area contributed by atoms with E-state index in [4.69, 9.17) is 9.47 Å². The predicted molar refractivity (Wildman–Crippen MR) is 95.1 cm³/mol. The number of alkyl halides is 3. The topological polar surface area (TPSA) is 73.9 Å². The first-order valence-corrected chi connectivity index (χ1v) is 8.67. The van der Waals surface area contributed by atoms with Crippen LogP contribution in [0.4, 0.5) is 18.9 Å². The zero-order valence-electron chi connectivity index (χ0n) is 15.4. The number of anilines is 1. The Bertz CT molecular complexity index is 1000. The summed E-state index contributed by atoms with van der Waals surface area (Å²) in [7, 11) is 2.51. The predicted octanol–water partition coefficient (Wildman–Crippen LogP) is 3.76. The Balaban J connectivity index is 1.70. The van der Waals surface area contributed by atoms with Crippen LogP contribution >= 0.6 is 0 Å². The Kier molecular flexibility index (Phi) is 4.21. The maximum atomic E-state index is 13.5. The fraction of sp³-hybridized carbons (Fsp3) is 0.300. The van der Waals surface area contributed by atoms with Crippen LogP contribution in [0.3, 0.4) is 0 Å². The molecular weight excluding hydrogens is 391 g/mol. The molecule has 1 heterocycles. The molecule has 0 unspecified atom stereocenters. The van der Waals surface area contributed by atoms with Crippen molar-refractivity contribution in [1.29, 1.82) is 0 Å². The number of carbonyl (C=O) groups excluding carboxylic acids is 2. The molecule has 29 heavy (non-hydrogen) atoms. The van der Waals surface area contributed by atoms with Crippen LogP contribution in [0.2, 0.25) is 0 Å². The summed E-state index contributed by atoms with van der Waals surface area (Å²) in [6, 6.07) is 8.70. The lowest BCUT2D eigenvalue weighted by Gasteiger charge is -2.28. The molecule has 1 fully saturated rings. The number of halogens is 3. The highest BCUT2D eigenvalue weighted by Crippen LogP contribution is 2.58. The van der Waals surface area contributed by atoms with Crippen LogP contribution in [0, 0.1) is 0 Å². The molecule has 0 bridgehead atoms. The minimum Gasteiger partial charge on any atom is -0.497 e. The molecule has 0 saturated heterocycles. The number of fused-ring (bicyclic) bond motifs is 1. The van der Waals surface area contributed by atoms with Crippen molar-refractivity contribution in [2.75, 3.05) is 19.5 Å². The summed E-state index contributed by atoms with van der Waals surface area (Å²) < 4.78 is 55.7. The highest BCUT2D eigenvalue weighted by Gasteiger charge is 2.65. The molecule has 2 aliphatic rings. The summed E-state index contributed by atoms with van der Waals surface area (Å²) >= 11 is 0. The van der Waals surface area contributed by atoms with Gasteiger partial charge in [-0.3, -0.25) is 4.79 Å². The molecule has 152 valence electrons. The van der Waals surface area contributed by atoms with Crippen LogP contribution in [-0.2, 0) is 15.7 Å². The minimum atomic E-state index is -4.80. The van der Waals surface area contributed by atoms with Crippen LogP contribution in [0.25, 0.3) is 0 Å². The third kappa shape index (κ3) is 3.06. The van der Waals surface area contributed by atoms with E-state index in [0.717, 1.165) is 24.8 Å². The third-order valence-electron chi connectivity index (χ3n) is 5.18. The lowest BCUT2D eigenvalue weighted by molar-refractivity contribution is -0.138. The minimum absolute atomic E-state index is 0.00518. The highest BCUT2D eigenvalue weighted by molar-refractivity contribution is 6.05. The maximum absolute atomic E-state index is 13.5. The molecule has 2 atom stereocenters. The largest absolute Gasteiger partial charge is 0.497 e. The van der Waals surface area contributed by atoms with Gasteiger partial charge in [-0.25, -0.2) is 4.79 Å². The second-order valence-corrected chi connectivity index (χ2v) is 6.86. The summed E-state index contributed by atoms with van der Waals surface area (Å²) in [6.07, 6.45) is -4.47. The molecule has 1 N–H and O–H groups in total. The number of carbonyl (C=O) groups is 2. The molecule has 1 aliphatic carbocycles. The summed E-state index contributed by atoms with van der Waals surface area (Å²) in [5.74, 6) is -1.43. The van der Waals surface area contributed by atoms with Gasteiger partial charge in [0.25, 0.3) is 5.91 Å². The molecule has 0 radical (unpaired) electrons. The highest BCUT2D eigenvalue weighted by atomic mass is 19.4. The van der Waals surface area contributed by atoms with E-state index in [2.05, 4.69) is 10.1 Å². The van der Waals surface area contributed by atoms with Gasteiger partial charge in [-0.2, -0.15) is 13.2 Å². The van der Waals surface area contributed by atoms with E-state index in [-0.39, 0.29) is 17.4 Å². The van der Waals surface area contributed by atoms with Crippen LogP contribution in [0.15, 0.2) is 36.4 Å². The maximum Gasteiger partial charge on any atom is 0.417 e. The average Bonchev–Trinajstić information content (AvgIpc) is 3.41. The molecule has 1 spiro atoms. The molecule has 0 aromatic heterocycles. The Labute approximate surface area is 163 Å². The number of nitrogens with one attached hydrogen (secondary N) is 1. The van der Waals surface area contributed by atoms with E-state index in [9.17, 15) is 22.8 Å². The first kappa shape index (κ1) is 19.1. The van der Waals surface area contributed by atoms with E-state index in [1.54, 1.807) is 24.3 Å². The van der Waals surface area contributed by atoms with Crippen molar-refractivity contribution in [1.82, 2.24) is 0 Å². The smallest absolute Gasteiger partial charge is 0.417 e. The van der Waals surface area contributed by atoms with Crippen molar-refractivity contribution in [3.8, 4) is 11.5 Å². The fourth-order valence-corrected chi connectivity index (χ4v) is 3.58. The van der Waals surface area contributed by atoms with Gasteiger partial charge in [0.05, 0.1) is 31.0 Å². The quantitative estimate of drug-likeness (QED) is 0.785. The Hall–Kier alpha value is -3.23. The summed E-state index contributed by atoms with van der Waals surface area (Å²) in [6.45, 7) is 0. The number of rotatable bonds is 3. The summed E-state index contributed by atoms with van der Waals surface area (Å²) in [4.78, 5) is 24.5. The van der Waals surface area contributed by atoms with Crippen molar-refractivity contribution in [2.45, 2.75) is 24.1 Å². The fourth-order valence-electron chi connectivity index (χ4n) is 3.58. The molecule has 9 heteroatoms. The zero-order chi connectivity index (χ0) is 21.0. The van der Waals surface area contributed by atoms with Gasteiger partial charge in [-0.1, -0.05) is 12.1 Å². The number of amides is 1. The Morgan fingerprint density at radius 3 is 2.48 bits per heavy atom. The van der Waals surface area contributed by atoms with Gasteiger partial charge in [0, 0.05) is 12.3 Å². The SMILES string of the molecule is COC(=O)c1cc2c(cc1C(F)(F)F)O[C@@]1(C[C@H]1c1ccc(OC)cc1)C(=O)N2. The summed E-state index contributed by atoms with van der Waals surface area (Å²) in [5, 5.41) is 2.57. The number of methoxy groups -OCH3 is 2. The van der Waals surface area contributed by atoms with Gasteiger partial charge in [0.15, 0.2) is 5.60 Å². The summed E-state index contributed by atoms with van der Waals surface area (Å²) in [5.41, 5.74) is -2.35. The molecule has 1 saturated carbocycles. The van der Waals surface area contributed by atoms with Crippen LogP contribution in [-0.4, -0.2) is 31.7 Å². The van der Waals surface area contributed by atoms with E-state index in [1.165, 1.54) is 7.11 Å². The lowest BCUT2D eigenvalue weighted by atomic mass is 10.0. The average molecular weight is 407 g/mol. The van der Waals surface area contributed by atoms with Crippen LogP contribution in [0.5, 0.6) is 11.5 Å². The van der Waals surface area contributed by atoms with Gasteiger partial charge < -0.3 is 19.5 Å². The Morgan fingerprint density at radius 1 is 1.21 bits per heavy atom. The van der Waals surface area contributed by atoms with E-state index >= 15 is 0 Å². The second-order valence-electron chi connectivity index (χ2n) is 6.86. The molecule has 4 rings (SSSR count). The standard InChI is InChI=1S/C20H16F3NO5/c1-27-11-5-3-10(4-6-11)14-9-19(14)18(26)24-15-7-12(17(25)28-2)13(20(21,22)23)8-16(15)29-19/h3-8,14H,9H2,1-2H3,(H,24,26)/t14-,19+/m0/s1. The van der Waals surface area contributed by atoms with Crippen molar-refractivity contribution < 1.29 is 37.0 Å². The van der Waals surface area contributed by atoms with Crippen molar-refractivity contribution in [3.05, 3.63) is 53.1 Å². The molecule has 2 aromatic rings. The van der Waals surface area contributed by atoms with Gasteiger partial charge in [-0.15, -0.1) is 0 Å². The van der Waals surface area contributed by atoms with Crippen LogP contribution < -0.4 is 14.8 Å². The van der Waals surface area contributed by atoms with Gasteiger partial charge >= 0.3 is 12.1 Å². The first-order valence-electron chi connectivity index (χ1n) is 8.67. The number of ether oxygens (including phenoxy) is 3. The van der Waals surface area contributed by atoms with Gasteiger partial charge in [0.2, 0.25) is 0 Å². The van der Waals surface area contributed by atoms with Gasteiger partial charge in [-0.05, 0) is 29.8 Å². The van der Waals surface area contributed by atoms with E-state index in [1.807, 2.05) is 0 Å². The number of hydrogen-bond acceptors (Lipinski definition) is 5. The second kappa shape index (κ2) is 6.40. The lowest BCUT2D eigenvalue weighted by Crippen LogP contribution is -2.41.